The second kappa shape index (κ2) is 12.0. The Labute approximate surface area is 203 Å². The monoisotopic (exact) mass is 457 g/mol. The number of aromatic nitrogens is 2. The first-order valence-electron chi connectivity index (χ1n) is 11.8. The van der Waals surface area contributed by atoms with Crippen molar-refractivity contribution in [3.05, 3.63) is 90.3 Å². The van der Waals surface area contributed by atoms with Gasteiger partial charge in [0.15, 0.2) is 0 Å². The molecule has 2 heterocycles. The number of nitrogens with zero attached hydrogens (tertiary/aromatic N) is 2. The van der Waals surface area contributed by atoms with Crippen LogP contribution in [0.25, 0.3) is 11.1 Å². The lowest BCUT2D eigenvalue weighted by atomic mass is 9.92. The maximum Gasteiger partial charge on any atom is 0.227 e. The number of rotatable bonds is 7. The molecule has 1 aliphatic rings. The molecule has 4 rings (SSSR count). The van der Waals surface area contributed by atoms with Crippen LogP contribution in [0.4, 0.5) is 5.69 Å². The van der Waals surface area contributed by atoms with E-state index in [-0.39, 0.29) is 5.91 Å². The van der Waals surface area contributed by atoms with Crippen molar-refractivity contribution >= 4 is 11.6 Å². The van der Waals surface area contributed by atoms with E-state index in [9.17, 15) is 4.79 Å². The van der Waals surface area contributed by atoms with E-state index in [1.165, 1.54) is 16.7 Å². The van der Waals surface area contributed by atoms with E-state index in [2.05, 4.69) is 55.4 Å². The molecule has 2 aromatic carbocycles. The third-order valence-electron chi connectivity index (χ3n) is 6.19. The minimum Gasteiger partial charge on any atom is -0.493 e. The summed E-state index contributed by atoms with van der Waals surface area (Å²) in [5.41, 5.74) is 8.01. The highest BCUT2D eigenvalue weighted by Gasteiger charge is 2.25. The van der Waals surface area contributed by atoms with Gasteiger partial charge in [-0.15, -0.1) is 0 Å². The fraction of sp³-hybridized carbons (Fsp3) is 0.310. The fourth-order valence-corrected chi connectivity index (χ4v) is 4.18. The number of ether oxygens (including phenoxy) is 1. The van der Waals surface area contributed by atoms with Crippen LogP contribution >= 0.6 is 0 Å². The first-order chi connectivity index (χ1) is 16.5. The van der Waals surface area contributed by atoms with Crippen LogP contribution in [0.5, 0.6) is 5.75 Å². The summed E-state index contributed by atoms with van der Waals surface area (Å²) >= 11 is 0. The number of allylic oxidation sites excluding steroid dienone is 2. The third-order valence-corrected chi connectivity index (χ3v) is 6.19. The van der Waals surface area contributed by atoms with Gasteiger partial charge in [-0.2, -0.15) is 5.10 Å². The Balaban J connectivity index is 0.000000751. The molecule has 34 heavy (non-hydrogen) atoms. The minimum absolute atomic E-state index is 0.168. The van der Waals surface area contributed by atoms with Crippen molar-refractivity contribution in [2.45, 2.75) is 46.5 Å². The Hall–Kier alpha value is -3.60. The summed E-state index contributed by atoms with van der Waals surface area (Å²) in [6, 6.07) is 12.3. The van der Waals surface area contributed by atoms with Crippen LogP contribution in [0, 0.1) is 20.8 Å². The molecule has 178 valence electrons. The standard InChI is InChI=1S/C25H29N3O2.C4H6/c1-17-8-4-12-24(18(17)2)30-15-7-13-25(29)28-14-6-10-21-20(9-5-11-23(21)28)22-16-26-27-19(22)3;1-3-4-2/h4-5,8-9,11-12,16H,6-7,10,13-15H2,1-3H3,(H,26,27);3-4H,1-2H2. The molecule has 5 nitrogen and oxygen atoms in total. The fourth-order valence-electron chi connectivity index (χ4n) is 4.18. The van der Waals surface area contributed by atoms with Gasteiger partial charge in [0.1, 0.15) is 5.75 Å². The molecule has 1 aromatic heterocycles. The first kappa shape index (κ1) is 25.0. The molecule has 0 saturated heterocycles. The average molecular weight is 458 g/mol. The number of hydrogen-bond acceptors (Lipinski definition) is 3. The van der Waals surface area contributed by atoms with Crippen molar-refractivity contribution in [3.63, 3.8) is 0 Å². The number of aromatic amines is 1. The number of hydrogen-bond donors (Lipinski definition) is 1. The predicted molar refractivity (Wildman–Crippen MR) is 140 cm³/mol. The van der Waals surface area contributed by atoms with E-state index in [4.69, 9.17) is 4.74 Å². The number of carbonyl (C=O) groups is 1. The van der Waals surface area contributed by atoms with Gasteiger partial charge in [-0.05, 0) is 74.4 Å². The lowest BCUT2D eigenvalue weighted by Gasteiger charge is -2.31. The SMILES string of the molecule is C=CC=C.Cc1cccc(OCCCC(=O)N2CCCc3c(-c4cn[nH]c4C)cccc32)c1C. The van der Waals surface area contributed by atoms with Gasteiger partial charge in [-0.3, -0.25) is 9.89 Å². The summed E-state index contributed by atoms with van der Waals surface area (Å²) in [7, 11) is 0. The number of fused-ring (bicyclic) bond motifs is 1. The molecule has 0 spiro atoms. The second-order valence-electron chi connectivity index (χ2n) is 8.48. The first-order valence-corrected chi connectivity index (χ1v) is 11.8. The number of benzene rings is 2. The number of aryl methyl sites for hydroxylation is 2. The third kappa shape index (κ3) is 5.84. The number of nitrogens with one attached hydrogen (secondary N) is 1. The number of anilines is 1. The van der Waals surface area contributed by atoms with Crippen molar-refractivity contribution in [1.82, 2.24) is 10.2 Å². The molecule has 1 N–H and O–H groups in total. The van der Waals surface area contributed by atoms with Gasteiger partial charge in [0, 0.05) is 29.9 Å². The lowest BCUT2D eigenvalue weighted by molar-refractivity contribution is -0.118. The molecule has 1 amide bonds. The molecule has 1 aliphatic heterocycles. The Morgan fingerprint density at radius 2 is 1.88 bits per heavy atom. The summed E-state index contributed by atoms with van der Waals surface area (Å²) in [6.07, 6.45) is 8.30. The van der Waals surface area contributed by atoms with Crippen LogP contribution in [0.15, 0.2) is 67.9 Å². The molecular weight excluding hydrogens is 422 g/mol. The Morgan fingerprint density at radius 3 is 2.59 bits per heavy atom. The van der Waals surface area contributed by atoms with E-state index in [0.717, 1.165) is 47.6 Å². The van der Waals surface area contributed by atoms with Crippen molar-refractivity contribution in [2.75, 3.05) is 18.1 Å². The number of H-pyrrole nitrogens is 1. The summed E-state index contributed by atoms with van der Waals surface area (Å²) in [5.74, 6) is 1.08. The van der Waals surface area contributed by atoms with Crippen molar-refractivity contribution < 1.29 is 9.53 Å². The predicted octanol–water partition coefficient (Wildman–Crippen LogP) is 6.50. The smallest absolute Gasteiger partial charge is 0.227 e. The van der Waals surface area contributed by atoms with Crippen molar-refractivity contribution in [3.8, 4) is 16.9 Å². The van der Waals surface area contributed by atoms with E-state index in [1.807, 2.05) is 36.2 Å². The highest BCUT2D eigenvalue weighted by Crippen LogP contribution is 2.36. The quantitative estimate of drug-likeness (QED) is 0.325. The van der Waals surface area contributed by atoms with Gasteiger partial charge < -0.3 is 9.64 Å². The molecule has 0 aliphatic carbocycles. The maximum atomic E-state index is 13.0. The summed E-state index contributed by atoms with van der Waals surface area (Å²) < 4.78 is 5.92. The van der Waals surface area contributed by atoms with Gasteiger partial charge in [0.25, 0.3) is 0 Å². The van der Waals surface area contributed by atoms with Gasteiger partial charge in [-0.1, -0.05) is 49.6 Å². The van der Waals surface area contributed by atoms with Gasteiger partial charge >= 0.3 is 0 Å². The number of amides is 1. The molecule has 0 unspecified atom stereocenters. The molecule has 0 radical (unpaired) electrons. The molecular formula is C29H35N3O2. The molecule has 0 fully saturated rings. The van der Waals surface area contributed by atoms with Crippen LogP contribution in [-0.4, -0.2) is 29.3 Å². The lowest BCUT2D eigenvalue weighted by Crippen LogP contribution is -2.35. The zero-order valence-corrected chi connectivity index (χ0v) is 20.6. The number of carbonyl (C=O) groups excluding carboxylic acids is 1. The second-order valence-corrected chi connectivity index (χ2v) is 8.48. The van der Waals surface area contributed by atoms with E-state index >= 15 is 0 Å². The van der Waals surface area contributed by atoms with Crippen LogP contribution in [-0.2, 0) is 11.2 Å². The largest absolute Gasteiger partial charge is 0.493 e. The highest BCUT2D eigenvalue weighted by molar-refractivity contribution is 5.96. The minimum atomic E-state index is 0.168. The molecule has 5 heteroatoms. The van der Waals surface area contributed by atoms with Gasteiger partial charge in [-0.25, -0.2) is 0 Å². The van der Waals surface area contributed by atoms with Crippen LogP contribution in [0.3, 0.4) is 0 Å². The van der Waals surface area contributed by atoms with Crippen LogP contribution in [0.1, 0.15) is 41.6 Å². The Kier molecular flexibility index (Phi) is 8.86. The summed E-state index contributed by atoms with van der Waals surface area (Å²) in [4.78, 5) is 15.0. The van der Waals surface area contributed by atoms with Crippen molar-refractivity contribution in [1.29, 1.82) is 0 Å². The van der Waals surface area contributed by atoms with Gasteiger partial charge in [0.2, 0.25) is 5.91 Å². The normalized spacial score (nSPS) is 12.3. The van der Waals surface area contributed by atoms with Gasteiger partial charge in [0.05, 0.1) is 12.8 Å². The molecule has 0 saturated carbocycles. The average Bonchev–Trinajstić information content (AvgIpc) is 3.29. The van der Waals surface area contributed by atoms with Crippen LogP contribution < -0.4 is 9.64 Å². The highest BCUT2D eigenvalue weighted by atomic mass is 16.5. The molecule has 0 atom stereocenters. The topological polar surface area (TPSA) is 58.2 Å². The molecule has 3 aromatic rings. The maximum absolute atomic E-state index is 13.0. The van der Waals surface area contributed by atoms with E-state index in [0.29, 0.717) is 19.4 Å². The Bertz CT molecular complexity index is 1140. The van der Waals surface area contributed by atoms with E-state index < -0.39 is 0 Å². The van der Waals surface area contributed by atoms with E-state index in [1.54, 1.807) is 12.2 Å². The molecule has 0 bridgehead atoms. The van der Waals surface area contributed by atoms with Crippen molar-refractivity contribution in [2.24, 2.45) is 0 Å². The zero-order chi connectivity index (χ0) is 24.5. The summed E-state index contributed by atoms with van der Waals surface area (Å²) in [5, 5.41) is 7.19. The summed E-state index contributed by atoms with van der Waals surface area (Å²) in [6.45, 7) is 14.2. The Morgan fingerprint density at radius 1 is 1.12 bits per heavy atom. The zero-order valence-electron chi connectivity index (χ0n) is 20.6. The van der Waals surface area contributed by atoms with Crippen LogP contribution in [0.2, 0.25) is 0 Å².